The lowest BCUT2D eigenvalue weighted by Crippen LogP contribution is -2.12. The standard InChI is InChI=1S/C13H20BrN5S/c1-8(2)7-18-11(15-16-13(18)20)5-6-19-10(4)12(14)9(3)17-19/h8H,5-7H2,1-4H3,(H,16,20). The Labute approximate surface area is 132 Å². The fourth-order valence-electron chi connectivity index (χ4n) is 2.19. The third kappa shape index (κ3) is 3.20. The molecule has 0 aromatic carbocycles. The van der Waals surface area contributed by atoms with Gasteiger partial charge in [0, 0.05) is 25.2 Å². The predicted octanol–water partition coefficient (Wildman–Crippen LogP) is 3.42. The third-order valence-electron chi connectivity index (χ3n) is 3.23. The van der Waals surface area contributed by atoms with E-state index in [1.807, 2.05) is 11.6 Å². The summed E-state index contributed by atoms with van der Waals surface area (Å²) in [5.41, 5.74) is 2.16. The maximum absolute atomic E-state index is 5.29. The second-order valence-electron chi connectivity index (χ2n) is 5.41. The van der Waals surface area contributed by atoms with Crippen LogP contribution in [0.5, 0.6) is 0 Å². The van der Waals surface area contributed by atoms with Crippen LogP contribution in [0.3, 0.4) is 0 Å². The molecule has 20 heavy (non-hydrogen) atoms. The van der Waals surface area contributed by atoms with Gasteiger partial charge in [0.15, 0.2) is 4.77 Å². The predicted molar refractivity (Wildman–Crippen MR) is 85.4 cm³/mol. The van der Waals surface area contributed by atoms with Gasteiger partial charge in [-0.1, -0.05) is 13.8 Å². The van der Waals surface area contributed by atoms with E-state index in [0.717, 1.165) is 41.2 Å². The molecule has 2 aromatic rings. The van der Waals surface area contributed by atoms with E-state index < -0.39 is 0 Å². The van der Waals surface area contributed by atoms with E-state index in [1.165, 1.54) is 0 Å². The zero-order valence-electron chi connectivity index (χ0n) is 12.3. The molecule has 110 valence electrons. The van der Waals surface area contributed by atoms with Gasteiger partial charge in [-0.15, -0.1) is 0 Å². The summed E-state index contributed by atoms with van der Waals surface area (Å²) in [4.78, 5) is 0. The first kappa shape index (κ1) is 15.4. The second kappa shape index (κ2) is 6.22. The minimum absolute atomic E-state index is 0.542. The summed E-state index contributed by atoms with van der Waals surface area (Å²) in [5.74, 6) is 1.54. The van der Waals surface area contributed by atoms with Crippen LogP contribution in [-0.2, 0) is 19.5 Å². The molecule has 5 nitrogen and oxygen atoms in total. The molecule has 0 fully saturated rings. The lowest BCUT2D eigenvalue weighted by molar-refractivity contribution is 0.489. The quantitative estimate of drug-likeness (QED) is 0.834. The molecule has 1 N–H and O–H groups in total. The van der Waals surface area contributed by atoms with Crippen LogP contribution in [0.25, 0.3) is 0 Å². The van der Waals surface area contributed by atoms with Gasteiger partial charge in [0.25, 0.3) is 0 Å². The molecular weight excluding hydrogens is 338 g/mol. The number of aryl methyl sites for hydroxylation is 3. The molecule has 0 aliphatic heterocycles. The van der Waals surface area contributed by atoms with E-state index in [4.69, 9.17) is 12.2 Å². The number of aromatic nitrogens is 5. The van der Waals surface area contributed by atoms with Gasteiger partial charge in [0.05, 0.1) is 10.2 Å². The van der Waals surface area contributed by atoms with Crippen LogP contribution in [0, 0.1) is 24.5 Å². The number of aromatic amines is 1. The van der Waals surface area contributed by atoms with Crippen LogP contribution >= 0.6 is 28.1 Å². The maximum atomic E-state index is 5.29. The van der Waals surface area contributed by atoms with Crippen molar-refractivity contribution in [3.63, 3.8) is 0 Å². The largest absolute Gasteiger partial charge is 0.304 e. The molecule has 2 rings (SSSR count). The highest BCUT2D eigenvalue weighted by Crippen LogP contribution is 2.20. The number of hydrogen-bond acceptors (Lipinski definition) is 3. The lowest BCUT2D eigenvalue weighted by Gasteiger charge is -2.10. The monoisotopic (exact) mass is 357 g/mol. The van der Waals surface area contributed by atoms with Gasteiger partial charge < -0.3 is 4.57 Å². The first-order chi connectivity index (χ1) is 9.40. The summed E-state index contributed by atoms with van der Waals surface area (Å²) in [6.45, 7) is 10.1. The molecule has 0 saturated carbocycles. The van der Waals surface area contributed by atoms with Crippen molar-refractivity contribution in [1.29, 1.82) is 0 Å². The first-order valence-electron chi connectivity index (χ1n) is 6.73. The van der Waals surface area contributed by atoms with Crippen LogP contribution in [-0.4, -0.2) is 24.5 Å². The number of H-pyrrole nitrogens is 1. The number of hydrogen-bond donors (Lipinski definition) is 1. The topological polar surface area (TPSA) is 51.4 Å². The fourth-order valence-corrected chi connectivity index (χ4v) is 2.70. The highest BCUT2D eigenvalue weighted by Gasteiger charge is 2.11. The number of halogens is 1. The Kier molecular flexibility index (Phi) is 4.80. The smallest absolute Gasteiger partial charge is 0.195 e. The van der Waals surface area contributed by atoms with Crippen LogP contribution in [0.4, 0.5) is 0 Å². The van der Waals surface area contributed by atoms with Crippen LogP contribution in [0.1, 0.15) is 31.1 Å². The van der Waals surface area contributed by atoms with Crippen molar-refractivity contribution in [2.24, 2.45) is 5.92 Å². The number of nitrogens with zero attached hydrogens (tertiary/aromatic N) is 4. The molecule has 0 aliphatic carbocycles. The minimum Gasteiger partial charge on any atom is -0.304 e. The van der Waals surface area contributed by atoms with E-state index in [9.17, 15) is 0 Å². The minimum atomic E-state index is 0.542. The Hall–Kier alpha value is -0.950. The molecule has 2 heterocycles. The third-order valence-corrected chi connectivity index (χ3v) is 4.68. The molecule has 0 amide bonds. The van der Waals surface area contributed by atoms with Gasteiger partial charge in [-0.3, -0.25) is 9.78 Å². The molecule has 0 saturated heterocycles. The Morgan fingerprint density at radius 1 is 1.35 bits per heavy atom. The average molecular weight is 358 g/mol. The van der Waals surface area contributed by atoms with Crippen LogP contribution < -0.4 is 0 Å². The van der Waals surface area contributed by atoms with E-state index in [-0.39, 0.29) is 0 Å². The van der Waals surface area contributed by atoms with Crippen molar-refractivity contribution in [2.75, 3.05) is 0 Å². The zero-order valence-corrected chi connectivity index (χ0v) is 14.7. The normalized spacial score (nSPS) is 11.5. The summed E-state index contributed by atoms with van der Waals surface area (Å²) in [6.07, 6.45) is 0.814. The molecule has 2 aromatic heterocycles. The summed E-state index contributed by atoms with van der Waals surface area (Å²) >= 11 is 8.84. The van der Waals surface area contributed by atoms with Crippen molar-refractivity contribution in [3.8, 4) is 0 Å². The lowest BCUT2D eigenvalue weighted by atomic mass is 10.2. The van der Waals surface area contributed by atoms with E-state index in [0.29, 0.717) is 10.7 Å². The van der Waals surface area contributed by atoms with Gasteiger partial charge in [-0.25, -0.2) is 0 Å². The van der Waals surface area contributed by atoms with Gasteiger partial charge in [-0.05, 0) is 47.9 Å². The molecule has 7 heteroatoms. The Balaban J connectivity index is 2.15. The van der Waals surface area contributed by atoms with Gasteiger partial charge >= 0.3 is 0 Å². The summed E-state index contributed by atoms with van der Waals surface area (Å²) in [6, 6.07) is 0. The molecule has 0 bridgehead atoms. The molecule has 0 aliphatic rings. The number of rotatable bonds is 5. The van der Waals surface area contributed by atoms with Crippen molar-refractivity contribution >= 4 is 28.1 Å². The maximum Gasteiger partial charge on any atom is 0.195 e. The highest BCUT2D eigenvalue weighted by atomic mass is 79.9. The van der Waals surface area contributed by atoms with E-state index in [1.54, 1.807) is 0 Å². The van der Waals surface area contributed by atoms with E-state index in [2.05, 4.69) is 56.6 Å². The Morgan fingerprint density at radius 3 is 2.60 bits per heavy atom. The second-order valence-corrected chi connectivity index (χ2v) is 6.59. The SMILES string of the molecule is Cc1nn(CCc2n[nH]c(=S)n2CC(C)C)c(C)c1Br. The molecule has 0 unspecified atom stereocenters. The van der Waals surface area contributed by atoms with Crippen molar-refractivity contribution in [1.82, 2.24) is 24.5 Å². The summed E-state index contributed by atoms with van der Waals surface area (Å²) in [7, 11) is 0. The molecule has 0 radical (unpaired) electrons. The Bertz CT molecular complexity index is 652. The van der Waals surface area contributed by atoms with Gasteiger partial charge in [-0.2, -0.15) is 10.2 Å². The van der Waals surface area contributed by atoms with E-state index >= 15 is 0 Å². The van der Waals surface area contributed by atoms with Gasteiger partial charge in [0.1, 0.15) is 5.82 Å². The zero-order chi connectivity index (χ0) is 14.9. The van der Waals surface area contributed by atoms with Gasteiger partial charge in [0.2, 0.25) is 0 Å². The van der Waals surface area contributed by atoms with Crippen molar-refractivity contribution in [2.45, 2.75) is 47.2 Å². The van der Waals surface area contributed by atoms with Crippen LogP contribution in [0.15, 0.2) is 4.47 Å². The fraction of sp³-hybridized carbons (Fsp3) is 0.615. The van der Waals surface area contributed by atoms with Crippen LogP contribution in [0.2, 0.25) is 0 Å². The summed E-state index contributed by atoms with van der Waals surface area (Å²) in [5, 5.41) is 11.7. The first-order valence-corrected chi connectivity index (χ1v) is 7.93. The molecule has 0 spiro atoms. The Morgan fingerprint density at radius 2 is 2.05 bits per heavy atom. The number of nitrogens with one attached hydrogen (secondary N) is 1. The highest BCUT2D eigenvalue weighted by molar-refractivity contribution is 9.10. The molecule has 0 atom stereocenters. The summed E-state index contributed by atoms with van der Waals surface area (Å²) < 4.78 is 5.87. The van der Waals surface area contributed by atoms with Crippen molar-refractivity contribution in [3.05, 3.63) is 26.5 Å². The van der Waals surface area contributed by atoms with Crippen molar-refractivity contribution < 1.29 is 0 Å². The molecular formula is C13H20BrN5S. The average Bonchev–Trinajstić information content (AvgIpc) is 2.84.